The van der Waals surface area contributed by atoms with Crippen LogP contribution in [-0.2, 0) is 11.3 Å². The molecule has 1 heterocycles. The van der Waals surface area contributed by atoms with Crippen molar-refractivity contribution in [2.24, 2.45) is 0 Å². The van der Waals surface area contributed by atoms with Gasteiger partial charge < -0.3 is 14.6 Å². The number of rotatable bonds is 6. The number of aliphatic hydroxyl groups excluding tert-OH is 1. The van der Waals surface area contributed by atoms with Gasteiger partial charge in [0.15, 0.2) is 0 Å². The van der Waals surface area contributed by atoms with Crippen LogP contribution in [0.1, 0.15) is 23.5 Å². The average Bonchev–Trinajstić information content (AvgIpc) is 2.98. The zero-order valence-corrected chi connectivity index (χ0v) is 11.9. The Bertz CT molecular complexity index is 479. The van der Waals surface area contributed by atoms with Crippen LogP contribution in [0.5, 0.6) is 5.75 Å². The summed E-state index contributed by atoms with van der Waals surface area (Å²) < 4.78 is 10.8. The van der Waals surface area contributed by atoms with Crippen LogP contribution in [0.15, 0.2) is 41.8 Å². The summed E-state index contributed by atoms with van der Waals surface area (Å²) in [6, 6.07) is 11.6. The smallest absolute Gasteiger partial charge is 0.118 e. The van der Waals surface area contributed by atoms with Gasteiger partial charge in [0, 0.05) is 4.88 Å². The highest BCUT2D eigenvalue weighted by molar-refractivity contribution is 7.10. The summed E-state index contributed by atoms with van der Waals surface area (Å²) in [5, 5.41) is 12.1. The van der Waals surface area contributed by atoms with E-state index in [4.69, 9.17) is 9.47 Å². The lowest BCUT2D eigenvalue weighted by Gasteiger charge is -2.18. The highest BCUT2D eigenvalue weighted by Crippen LogP contribution is 2.24. The lowest BCUT2D eigenvalue weighted by atomic mass is 10.2. The fraction of sp³-hybridized carbons (Fsp3) is 0.333. The number of benzene rings is 1. The van der Waals surface area contributed by atoms with E-state index in [-0.39, 0.29) is 6.10 Å². The number of hydrogen-bond acceptors (Lipinski definition) is 4. The SMILES string of the molecule is COc1ccc(COC(C)C(O)c2cccs2)cc1. The van der Waals surface area contributed by atoms with Crippen LogP contribution in [0.4, 0.5) is 0 Å². The molecule has 0 spiro atoms. The summed E-state index contributed by atoms with van der Waals surface area (Å²) in [5.41, 5.74) is 1.06. The van der Waals surface area contributed by atoms with Crippen molar-refractivity contribution in [3.05, 3.63) is 52.2 Å². The summed E-state index contributed by atoms with van der Waals surface area (Å²) in [6.07, 6.45) is -0.806. The molecule has 0 aliphatic carbocycles. The van der Waals surface area contributed by atoms with E-state index in [1.165, 1.54) is 11.3 Å². The van der Waals surface area contributed by atoms with Gasteiger partial charge in [0.25, 0.3) is 0 Å². The summed E-state index contributed by atoms with van der Waals surface area (Å²) in [4.78, 5) is 0.933. The van der Waals surface area contributed by atoms with E-state index in [0.29, 0.717) is 6.61 Å². The highest BCUT2D eigenvalue weighted by Gasteiger charge is 2.17. The molecule has 0 fully saturated rings. The summed E-state index contributed by atoms with van der Waals surface area (Å²) >= 11 is 1.54. The van der Waals surface area contributed by atoms with Crippen LogP contribution >= 0.6 is 11.3 Å². The molecule has 2 rings (SSSR count). The quantitative estimate of drug-likeness (QED) is 0.880. The molecule has 2 atom stereocenters. The van der Waals surface area contributed by atoms with Gasteiger partial charge in [-0.15, -0.1) is 11.3 Å². The molecule has 0 saturated heterocycles. The summed E-state index contributed by atoms with van der Waals surface area (Å²) in [7, 11) is 1.64. The van der Waals surface area contributed by atoms with E-state index < -0.39 is 6.10 Å². The number of methoxy groups -OCH3 is 1. The Morgan fingerprint density at radius 1 is 1.21 bits per heavy atom. The van der Waals surface area contributed by atoms with E-state index in [9.17, 15) is 5.11 Å². The number of ether oxygens (including phenoxy) is 2. The fourth-order valence-corrected chi connectivity index (χ4v) is 2.53. The third kappa shape index (κ3) is 3.80. The summed E-state index contributed by atoms with van der Waals surface area (Å²) in [5.74, 6) is 0.829. The molecule has 0 saturated carbocycles. The highest BCUT2D eigenvalue weighted by atomic mass is 32.1. The molecule has 0 aliphatic rings. The lowest BCUT2D eigenvalue weighted by molar-refractivity contribution is -0.0349. The van der Waals surface area contributed by atoms with Crippen molar-refractivity contribution < 1.29 is 14.6 Å². The predicted octanol–water partition coefficient (Wildman–Crippen LogP) is 3.40. The Morgan fingerprint density at radius 2 is 1.95 bits per heavy atom. The van der Waals surface area contributed by atoms with Crippen LogP contribution in [-0.4, -0.2) is 18.3 Å². The normalized spacial score (nSPS) is 14.1. The summed E-state index contributed by atoms with van der Waals surface area (Å²) in [6.45, 7) is 2.36. The second-order valence-electron chi connectivity index (χ2n) is 4.32. The van der Waals surface area contributed by atoms with Gasteiger partial charge in [-0.1, -0.05) is 18.2 Å². The van der Waals surface area contributed by atoms with Crippen molar-refractivity contribution in [3.8, 4) is 5.75 Å². The van der Waals surface area contributed by atoms with E-state index >= 15 is 0 Å². The van der Waals surface area contributed by atoms with Crippen LogP contribution in [0.25, 0.3) is 0 Å². The van der Waals surface area contributed by atoms with Crippen molar-refractivity contribution >= 4 is 11.3 Å². The zero-order valence-electron chi connectivity index (χ0n) is 11.1. The first-order valence-corrected chi connectivity index (χ1v) is 7.04. The van der Waals surface area contributed by atoms with Crippen LogP contribution in [0.2, 0.25) is 0 Å². The molecule has 0 bridgehead atoms. The predicted molar refractivity (Wildman–Crippen MR) is 76.5 cm³/mol. The lowest BCUT2D eigenvalue weighted by Crippen LogP contribution is -2.17. The minimum atomic E-state index is -0.571. The van der Waals surface area contributed by atoms with Crippen LogP contribution < -0.4 is 4.74 Å². The molecule has 0 radical (unpaired) electrons. The maximum atomic E-state index is 10.1. The molecular formula is C15H18O3S. The van der Waals surface area contributed by atoms with Gasteiger partial charge in [-0.2, -0.15) is 0 Å². The minimum Gasteiger partial charge on any atom is -0.497 e. The van der Waals surface area contributed by atoms with Crippen molar-refractivity contribution in [3.63, 3.8) is 0 Å². The van der Waals surface area contributed by atoms with Gasteiger partial charge in [0.2, 0.25) is 0 Å². The van der Waals surface area contributed by atoms with Crippen molar-refractivity contribution in [1.82, 2.24) is 0 Å². The molecule has 1 N–H and O–H groups in total. The van der Waals surface area contributed by atoms with Crippen molar-refractivity contribution in [2.45, 2.75) is 25.7 Å². The molecule has 4 heteroatoms. The molecule has 0 aliphatic heterocycles. The van der Waals surface area contributed by atoms with E-state index in [0.717, 1.165) is 16.2 Å². The molecular weight excluding hydrogens is 260 g/mol. The molecule has 102 valence electrons. The number of hydrogen-bond donors (Lipinski definition) is 1. The minimum absolute atomic E-state index is 0.235. The molecule has 0 amide bonds. The molecule has 1 aromatic heterocycles. The van der Waals surface area contributed by atoms with Crippen molar-refractivity contribution in [2.75, 3.05) is 7.11 Å². The monoisotopic (exact) mass is 278 g/mol. The van der Waals surface area contributed by atoms with Crippen molar-refractivity contribution in [1.29, 1.82) is 0 Å². The van der Waals surface area contributed by atoms with Gasteiger partial charge in [-0.25, -0.2) is 0 Å². The Morgan fingerprint density at radius 3 is 2.53 bits per heavy atom. The van der Waals surface area contributed by atoms with Gasteiger partial charge in [-0.3, -0.25) is 0 Å². The Labute approximate surface area is 117 Å². The number of thiophene rings is 1. The third-order valence-corrected chi connectivity index (χ3v) is 3.89. The average molecular weight is 278 g/mol. The Balaban J connectivity index is 1.87. The first-order chi connectivity index (χ1) is 9.20. The molecule has 2 unspecified atom stereocenters. The second kappa shape index (κ2) is 6.70. The van der Waals surface area contributed by atoms with E-state index in [1.54, 1.807) is 7.11 Å². The zero-order chi connectivity index (χ0) is 13.7. The number of aliphatic hydroxyl groups is 1. The first-order valence-electron chi connectivity index (χ1n) is 6.16. The standard InChI is InChI=1S/C15H18O3S/c1-11(15(16)14-4-3-9-19-14)18-10-12-5-7-13(17-2)8-6-12/h3-9,11,15-16H,10H2,1-2H3. The first kappa shape index (κ1) is 14.1. The molecule has 19 heavy (non-hydrogen) atoms. The van der Waals surface area contributed by atoms with Gasteiger partial charge in [0.05, 0.1) is 19.8 Å². The maximum absolute atomic E-state index is 10.1. The molecule has 3 nitrogen and oxygen atoms in total. The molecule has 2 aromatic rings. The Kier molecular flexibility index (Phi) is 4.96. The van der Waals surface area contributed by atoms with E-state index in [2.05, 4.69) is 0 Å². The maximum Gasteiger partial charge on any atom is 0.118 e. The fourth-order valence-electron chi connectivity index (χ4n) is 1.73. The topological polar surface area (TPSA) is 38.7 Å². The second-order valence-corrected chi connectivity index (χ2v) is 5.30. The van der Waals surface area contributed by atoms with E-state index in [1.807, 2.05) is 48.7 Å². The third-order valence-electron chi connectivity index (χ3n) is 2.95. The van der Waals surface area contributed by atoms with Gasteiger partial charge in [0.1, 0.15) is 11.9 Å². The van der Waals surface area contributed by atoms with Crippen LogP contribution in [0, 0.1) is 0 Å². The Hall–Kier alpha value is -1.36. The largest absolute Gasteiger partial charge is 0.497 e. The molecule has 1 aromatic carbocycles. The van der Waals surface area contributed by atoms with Gasteiger partial charge >= 0.3 is 0 Å². The van der Waals surface area contributed by atoms with Gasteiger partial charge in [-0.05, 0) is 36.1 Å². The van der Waals surface area contributed by atoms with Crippen LogP contribution in [0.3, 0.4) is 0 Å².